The van der Waals surface area contributed by atoms with Crippen molar-refractivity contribution in [2.45, 2.75) is 25.3 Å². The van der Waals surface area contributed by atoms with Crippen molar-refractivity contribution in [1.82, 2.24) is 5.32 Å². The van der Waals surface area contributed by atoms with Crippen LogP contribution in [0.1, 0.15) is 40.0 Å². The predicted octanol–water partition coefficient (Wildman–Crippen LogP) is 1.68. The van der Waals surface area contributed by atoms with E-state index in [1.807, 2.05) is 0 Å². The normalized spacial score (nSPS) is 19.5. The summed E-state index contributed by atoms with van der Waals surface area (Å²) in [5.74, 6) is -1.16. The van der Waals surface area contributed by atoms with Gasteiger partial charge in [-0.05, 0) is 43.5 Å². The van der Waals surface area contributed by atoms with E-state index in [1.165, 1.54) is 24.3 Å². The Morgan fingerprint density at radius 3 is 2.47 bits per heavy atom. The smallest absolute Gasteiger partial charge is 0.335 e. The lowest BCUT2D eigenvalue weighted by molar-refractivity contribution is 0.0696. The molecule has 0 unspecified atom stereocenters. The molecule has 0 aromatic heterocycles. The van der Waals surface area contributed by atoms with E-state index in [0.717, 1.165) is 25.9 Å². The van der Waals surface area contributed by atoms with Gasteiger partial charge in [0, 0.05) is 24.8 Å². The fraction of sp³-hybridized carbons (Fsp3) is 0.429. The average molecular weight is 263 g/mol. The van der Waals surface area contributed by atoms with E-state index in [-0.39, 0.29) is 17.5 Å². The van der Waals surface area contributed by atoms with Crippen molar-refractivity contribution >= 4 is 11.9 Å². The molecule has 1 atom stereocenters. The van der Waals surface area contributed by atoms with Crippen LogP contribution in [0.3, 0.4) is 0 Å². The fourth-order valence-corrected chi connectivity index (χ4v) is 2.08. The highest BCUT2D eigenvalue weighted by Crippen LogP contribution is 2.10. The highest BCUT2D eigenvalue weighted by atomic mass is 16.5. The monoisotopic (exact) mass is 263 g/mol. The Balaban J connectivity index is 1.96. The van der Waals surface area contributed by atoms with Gasteiger partial charge in [-0.25, -0.2) is 4.79 Å². The van der Waals surface area contributed by atoms with E-state index in [2.05, 4.69) is 5.32 Å². The number of rotatable bonds is 3. The summed E-state index contributed by atoms with van der Waals surface area (Å²) in [5.41, 5.74) is 0.662. The number of carbonyl (C=O) groups is 2. The van der Waals surface area contributed by atoms with Crippen molar-refractivity contribution in [3.05, 3.63) is 35.4 Å². The molecule has 0 radical (unpaired) electrons. The van der Waals surface area contributed by atoms with Crippen molar-refractivity contribution in [2.24, 2.45) is 0 Å². The van der Waals surface area contributed by atoms with Crippen LogP contribution in [0.25, 0.3) is 0 Å². The van der Waals surface area contributed by atoms with Gasteiger partial charge in [-0.2, -0.15) is 0 Å². The van der Waals surface area contributed by atoms with Gasteiger partial charge < -0.3 is 15.2 Å². The van der Waals surface area contributed by atoms with Gasteiger partial charge in [0.1, 0.15) is 0 Å². The second kappa shape index (κ2) is 6.33. The number of nitrogens with one attached hydrogen (secondary N) is 1. The molecule has 1 aliphatic rings. The van der Waals surface area contributed by atoms with Crippen LogP contribution in [0.5, 0.6) is 0 Å². The van der Waals surface area contributed by atoms with Crippen LogP contribution >= 0.6 is 0 Å². The molecule has 0 bridgehead atoms. The quantitative estimate of drug-likeness (QED) is 0.870. The van der Waals surface area contributed by atoms with Crippen LogP contribution in [0, 0.1) is 0 Å². The molecule has 1 heterocycles. The minimum Gasteiger partial charge on any atom is -0.478 e. The van der Waals surface area contributed by atoms with Crippen molar-refractivity contribution in [1.29, 1.82) is 0 Å². The lowest BCUT2D eigenvalue weighted by atomic mass is 10.1. The van der Waals surface area contributed by atoms with Crippen LogP contribution in [0.2, 0.25) is 0 Å². The Bertz CT molecular complexity index is 447. The van der Waals surface area contributed by atoms with Gasteiger partial charge in [-0.15, -0.1) is 0 Å². The maximum Gasteiger partial charge on any atom is 0.335 e. The third kappa shape index (κ3) is 3.79. The van der Waals surface area contributed by atoms with Crippen molar-refractivity contribution in [2.75, 3.05) is 13.2 Å². The van der Waals surface area contributed by atoms with Gasteiger partial charge in [0.2, 0.25) is 0 Å². The minimum absolute atomic E-state index is 0.133. The number of amides is 1. The maximum absolute atomic E-state index is 12.0. The Morgan fingerprint density at radius 2 is 1.79 bits per heavy atom. The predicted molar refractivity (Wildman–Crippen MR) is 69.3 cm³/mol. The van der Waals surface area contributed by atoms with E-state index >= 15 is 0 Å². The third-order valence-electron chi connectivity index (χ3n) is 3.18. The zero-order chi connectivity index (χ0) is 13.7. The summed E-state index contributed by atoms with van der Waals surface area (Å²) < 4.78 is 5.34. The number of benzene rings is 1. The Labute approximate surface area is 111 Å². The number of hydrogen-bond acceptors (Lipinski definition) is 3. The van der Waals surface area contributed by atoms with Gasteiger partial charge in [0.15, 0.2) is 0 Å². The molecule has 1 fully saturated rings. The number of ether oxygens (including phenoxy) is 1. The number of carbonyl (C=O) groups excluding carboxylic acids is 1. The first-order chi connectivity index (χ1) is 9.16. The van der Waals surface area contributed by atoms with Crippen LogP contribution in [0.15, 0.2) is 24.3 Å². The molecule has 19 heavy (non-hydrogen) atoms. The molecule has 5 nitrogen and oxygen atoms in total. The largest absolute Gasteiger partial charge is 0.478 e. The molecule has 1 aliphatic heterocycles. The summed E-state index contributed by atoms with van der Waals surface area (Å²) in [5, 5.41) is 11.7. The summed E-state index contributed by atoms with van der Waals surface area (Å²) in [6.07, 6.45) is 2.68. The average Bonchev–Trinajstić information content (AvgIpc) is 2.67. The van der Waals surface area contributed by atoms with Gasteiger partial charge in [-0.1, -0.05) is 0 Å². The highest BCUT2D eigenvalue weighted by Gasteiger charge is 2.16. The van der Waals surface area contributed by atoms with Gasteiger partial charge in [-0.3, -0.25) is 4.79 Å². The van der Waals surface area contributed by atoms with Crippen molar-refractivity contribution in [3.8, 4) is 0 Å². The topological polar surface area (TPSA) is 75.6 Å². The number of carboxylic acids is 1. The van der Waals surface area contributed by atoms with E-state index in [9.17, 15) is 9.59 Å². The first-order valence-electron chi connectivity index (χ1n) is 6.39. The molecule has 1 saturated heterocycles. The van der Waals surface area contributed by atoms with Crippen LogP contribution in [-0.2, 0) is 4.74 Å². The molecule has 1 amide bonds. The first-order valence-corrected chi connectivity index (χ1v) is 6.39. The summed E-state index contributed by atoms with van der Waals surface area (Å²) in [6, 6.07) is 6.08. The lowest BCUT2D eigenvalue weighted by Gasteiger charge is -2.15. The van der Waals surface area contributed by atoms with Gasteiger partial charge in [0.25, 0.3) is 5.91 Å². The molecule has 0 spiro atoms. The molecular formula is C14H17NO4. The van der Waals surface area contributed by atoms with Crippen LogP contribution < -0.4 is 5.32 Å². The summed E-state index contributed by atoms with van der Waals surface area (Å²) >= 11 is 0. The number of carboxylic acid groups (broad SMARTS) is 1. The van der Waals surface area contributed by atoms with E-state index < -0.39 is 5.97 Å². The Hall–Kier alpha value is -1.88. The van der Waals surface area contributed by atoms with E-state index in [0.29, 0.717) is 12.2 Å². The van der Waals surface area contributed by atoms with Crippen LogP contribution in [-0.4, -0.2) is 36.2 Å². The highest BCUT2D eigenvalue weighted by molar-refractivity contribution is 5.96. The fourth-order valence-electron chi connectivity index (χ4n) is 2.08. The Morgan fingerprint density at radius 1 is 1.11 bits per heavy atom. The summed E-state index contributed by atoms with van der Waals surface area (Å²) in [7, 11) is 0. The zero-order valence-corrected chi connectivity index (χ0v) is 10.6. The first kappa shape index (κ1) is 13.5. The standard InChI is InChI=1S/C14H17NO4/c16-13(15-12-2-1-8-19-9-7-12)10-3-5-11(6-4-10)14(17)18/h3-6,12H,1-2,7-9H2,(H,15,16)(H,17,18)/t12-/m0/s1. The third-order valence-corrected chi connectivity index (χ3v) is 3.18. The Kier molecular flexibility index (Phi) is 4.52. The van der Waals surface area contributed by atoms with Crippen molar-refractivity contribution < 1.29 is 19.4 Å². The molecule has 2 N–H and O–H groups in total. The number of aromatic carboxylic acids is 1. The molecular weight excluding hydrogens is 246 g/mol. The molecule has 102 valence electrons. The summed E-state index contributed by atoms with van der Waals surface area (Å²) in [4.78, 5) is 22.7. The van der Waals surface area contributed by atoms with Crippen molar-refractivity contribution in [3.63, 3.8) is 0 Å². The SMILES string of the molecule is O=C(O)c1ccc(C(=O)N[C@H]2CCCOCC2)cc1. The summed E-state index contributed by atoms with van der Waals surface area (Å²) in [6.45, 7) is 1.42. The van der Waals surface area contributed by atoms with E-state index in [4.69, 9.17) is 9.84 Å². The molecule has 2 rings (SSSR count). The van der Waals surface area contributed by atoms with Crippen LogP contribution in [0.4, 0.5) is 0 Å². The van der Waals surface area contributed by atoms with E-state index in [1.54, 1.807) is 0 Å². The molecule has 1 aromatic carbocycles. The minimum atomic E-state index is -0.993. The van der Waals surface area contributed by atoms with Gasteiger partial charge in [0.05, 0.1) is 5.56 Å². The zero-order valence-electron chi connectivity index (χ0n) is 10.6. The molecule has 0 saturated carbocycles. The van der Waals surface area contributed by atoms with Gasteiger partial charge >= 0.3 is 5.97 Å². The molecule has 5 heteroatoms. The maximum atomic E-state index is 12.0. The molecule has 1 aromatic rings. The number of hydrogen-bond donors (Lipinski definition) is 2. The molecule has 0 aliphatic carbocycles. The second-order valence-corrected chi connectivity index (χ2v) is 4.60. The lowest BCUT2D eigenvalue weighted by Crippen LogP contribution is -2.35. The second-order valence-electron chi connectivity index (χ2n) is 4.60.